The van der Waals surface area contributed by atoms with Crippen LogP contribution in [-0.2, 0) is 17.7 Å². The quantitative estimate of drug-likeness (QED) is 0.297. The average Bonchev–Trinajstić information content (AvgIpc) is 3.56. The van der Waals surface area contributed by atoms with Crippen LogP contribution in [0.3, 0.4) is 0 Å². The van der Waals surface area contributed by atoms with E-state index in [1.807, 2.05) is 57.8 Å². The van der Waals surface area contributed by atoms with E-state index in [-0.39, 0.29) is 17.5 Å². The summed E-state index contributed by atoms with van der Waals surface area (Å²) < 4.78 is 13.8. The van der Waals surface area contributed by atoms with E-state index in [1.54, 1.807) is 6.92 Å². The molecule has 0 atom stereocenters. The Balaban J connectivity index is 1.53. The molecule has 0 saturated heterocycles. The van der Waals surface area contributed by atoms with Crippen LogP contribution in [0.15, 0.2) is 64.0 Å². The molecule has 0 unspecified atom stereocenters. The van der Waals surface area contributed by atoms with Crippen molar-refractivity contribution in [2.45, 2.75) is 33.2 Å². The molecule has 3 heterocycles. The Labute approximate surface area is 211 Å². The Bertz CT molecular complexity index is 1610. The molecule has 0 saturated carbocycles. The van der Waals surface area contributed by atoms with Crippen LogP contribution in [0.25, 0.3) is 28.0 Å². The van der Waals surface area contributed by atoms with Gasteiger partial charge < -0.3 is 13.9 Å². The van der Waals surface area contributed by atoms with Crippen LogP contribution < -0.4 is 5.76 Å². The lowest BCUT2D eigenvalue weighted by molar-refractivity contribution is 0.0514. The van der Waals surface area contributed by atoms with Crippen molar-refractivity contribution in [2.24, 2.45) is 0 Å². The third-order valence-electron chi connectivity index (χ3n) is 5.90. The monoisotopic (exact) mass is 505 g/mol. The molecule has 2 aromatic carbocycles. The summed E-state index contributed by atoms with van der Waals surface area (Å²) >= 11 is 6.35. The fourth-order valence-electron chi connectivity index (χ4n) is 4.36. The number of benzene rings is 2. The van der Waals surface area contributed by atoms with E-state index in [9.17, 15) is 9.59 Å². The Hall–Kier alpha value is -4.11. The summed E-state index contributed by atoms with van der Waals surface area (Å²) in [4.78, 5) is 31.2. The molecule has 9 nitrogen and oxygen atoms in total. The first-order chi connectivity index (χ1) is 17.5. The molecule has 0 fully saturated rings. The van der Waals surface area contributed by atoms with Crippen molar-refractivity contribution in [3.8, 4) is 17.1 Å². The van der Waals surface area contributed by atoms with Crippen LogP contribution in [0.5, 0.6) is 0 Å². The van der Waals surface area contributed by atoms with Gasteiger partial charge in [-0.05, 0) is 49.2 Å². The van der Waals surface area contributed by atoms with Crippen molar-refractivity contribution in [2.75, 3.05) is 6.61 Å². The van der Waals surface area contributed by atoms with Crippen LogP contribution >= 0.6 is 11.6 Å². The Kier molecular flexibility index (Phi) is 6.47. The largest absolute Gasteiger partial charge is 0.461 e. The second kappa shape index (κ2) is 9.87. The molecular weight excluding hydrogens is 482 g/mol. The van der Waals surface area contributed by atoms with Gasteiger partial charge in [0.15, 0.2) is 16.7 Å². The summed E-state index contributed by atoms with van der Waals surface area (Å²) in [5.41, 5.74) is 3.82. The maximum atomic E-state index is 12.6. The van der Waals surface area contributed by atoms with E-state index in [4.69, 9.17) is 20.9 Å². The number of nitrogens with zero attached hydrogens (tertiary/aromatic N) is 4. The van der Waals surface area contributed by atoms with Gasteiger partial charge in [-0.3, -0.25) is 9.51 Å². The van der Waals surface area contributed by atoms with Gasteiger partial charge in [0.2, 0.25) is 0 Å². The van der Waals surface area contributed by atoms with Gasteiger partial charge in [-0.15, -0.1) is 0 Å². The summed E-state index contributed by atoms with van der Waals surface area (Å²) in [5.74, 6) is 0.0258. The summed E-state index contributed by atoms with van der Waals surface area (Å²) in [7, 11) is 0. The van der Waals surface area contributed by atoms with Gasteiger partial charge in [-0.25, -0.2) is 14.6 Å². The van der Waals surface area contributed by atoms with E-state index in [2.05, 4.69) is 28.1 Å². The summed E-state index contributed by atoms with van der Waals surface area (Å²) in [6.07, 6.45) is 3.53. The number of aromatic nitrogens is 5. The first kappa shape index (κ1) is 23.6. The zero-order valence-corrected chi connectivity index (χ0v) is 20.6. The van der Waals surface area contributed by atoms with Gasteiger partial charge in [0.05, 0.1) is 17.8 Å². The normalized spacial score (nSPS) is 11.3. The minimum Gasteiger partial charge on any atom is -0.461 e. The molecule has 5 aromatic rings. The number of carbonyl (C=O) groups is 1. The van der Waals surface area contributed by atoms with Crippen LogP contribution in [0.4, 0.5) is 0 Å². The first-order valence-corrected chi connectivity index (χ1v) is 12.1. The number of hydrogen-bond donors (Lipinski definition) is 1. The Morgan fingerprint density at radius 3 is 2.75 bits per heavy atom. The maximum absolute atomic E-state index is 12.6. The third kappa shape index (κ3) is 4.33. The topological polar surface area (TPSA) is 108 Å². The van der Waals surface area contributed by atoms with E-state index in [0.29, 0.717) is 18.8 Å². The molecule has 0 radical (unpaired) electrons. The fraction of sp³-hybridized carbons (Fsp3) is 0.231. The molecule has 0 spiro atoms. The standard InChI is InChI=1S/C26H24ClN5O4/c1-3-7-21-28-23(27)22(25(33)35-4-2)32(21)15-16-10-11-19-17(14-16)12-13-31(19)20-9-6-5-8-18(20)24-29-26(34)36-30-24/h5-6,8-14H,3-4,7,15H2,1-2H3,(H,29,30,34). The van der Waals surface area contributed by atoms with Gasteiger partial charge in [0.1, 0.15) is 5.82 Å². The van der Waals surface area contributed by atoms with E-state index < -0.39 is 11.7 Å². The predicted molar refractivity (Wildman–Crippen MR) is 136 cm³/mol. The number of H-pyrrole nitrogens is 1. The van der Waals surface area contributed by atoms with Crippen molar-refractivity contribution in [1.29, 1.82) is 0 Å². The van der Waals surface area contributed by atoms with E-state index in [1.165, 1.54) is 0 Å². The fourth-order valence-corrected chi connectivity index (χ4v) is 4.64. The maximum Gasteiger partial charge on any atom is 0.439 e. The number of ether oxygens (including phenoxy) is 1. The molecular formula is C26H24ClN5O4. The smallest absolute Gasteiger partial charge is 0.439 e. The molecule has 5 rings (SSSR count). The number of carbonyl (C=O) groups excluding carboxylic acids is 1. The molecule has 0 amide bonds. The lowest BCUT2D eigenvalue weighted by Crippen LogP contribution is -2.15. The first-order valence-electron chi connectivity index (χ1n) is 11.7. The molecule has 0 aliphatic heterocycles. The highest BCUT2D eigenvalue weighted by Crippen LogP contribution is 2.29. The lowest BCUT2D eigenvalue weighted by atomic mass is 10.1. The third-order valence-corrected chi connectivity index (χ3v) is 6.16. The lowest BCUT2D eigenvalue weighted by Gasteiger charge is -2.13. The Morgan fingerprint density at radius 2 is 2.00 bits per heavy atom. The molecule has 3 aromatic heterocycles. The number of rotatable bonds is 8. The molecule has 184 valence electrons. The summed E-state index contributed by atoms with van der Waals surface area (Å²) in [6, 6.07) is 15.7. The highest BCUT2D eigenvalue weighted by Gasteiger charge is 2.23. The number of halogens is 1. The van der Waals surface area contributed by atoms with E-state index >= 15 is 0 Å². The van der Waals surface area contributed by atoms with Gasteiger partial charge in [-0.2, -0.15) is 0 Å². The van der Waals surface area contributed by atoms with E-state index in [0.717, 1.165) is 40.0 Å². The zero-order chi connectivity index (χ0) is 25.2. The minimum atomic E-state index is -0.606. The minimum absolute atomic E-state index is 0.159. The second-order valence-corrected chi connectivity index (χ2v) is 8.62. The van der Waals surface area contributed by atoms with Crippen LogP contribution in [0.2, 0.25) is 5.15 Å². The molecule has 10 heteroatoms. The molecule has 1 N–H and O–H groups in total. The molecule has 0 aliphatic rings. The summed E-state index contributed by atoms with van der Waals surface area (Å²) in [5, 5.41) is 5.01. The van der Waals surface area contributed by atoms with Crippen molar-refractivity contribution in [3.05, 3.63) is 87.5 Å². The number of imidazole rings is 1. The van der Waals surface area contributed by atoms with Crippen molar-refractivity contribution < 1.29 is 14.1 Å². The number of hydrogen-bond acceptors (Lipinski definition) is 6. The molecule has 0 bridgehead atoms. The zero-order valence-electron chi connectivity index (χ0n) is 19.8. The second-order valence-electron chi connectivity index (χ2n) is 8.26. The Morgan fingerprint density at radius 1 is 1.17 bits per heavy atom. The number of fused-ring (bicyclic) bond motifs is 1. The van der Waals surface area contributed by atoms with Gasteiger partial charge in [0, 0.05) is 30.1 Å². The van der Waals surface area contributed by atoms with Gasteiger partial charge >= 0.3 is 11.7 Å². The van der Waals surface area contributed by atoms with Crippen LogP contribution in [0.1, 0.15) is 42.1 Å². The van der Waals surface area contributed by atoms with Crippen LogP contribution in [-0.4, -0.2) is 36.8 Å². The number of aryl methyl sites for hydroxylation is 1. The van der Waals surface area contributed by atoms with Gasteiger partial charge in [0.25, 0.3) is 0 Å². The molecule has 36 heavy (non-hydrogen) atoms. The highest BCUT2D eigenvalue weighted by atomic mass is 35.5. The van der Waals surface area contributed by atoms with Crippen molar-refractivity contribution >= 4 is 28.5 Å². The SMILES string of the molecule is CCCc1nc(Cl)c(C(=O)OCC)n1Cc1ccc2c(ccn2-c2ccccc2-c2noc(=O)[nH]2)c1. The molecule has 0 aliphatic carbocycles. The van der Waals surface area contributed by atoms with Crippen molar-refractivity contribution in [3.63, 3.8) is 0 Å². The number of esters is 1. The predicted octanol–water partition coefficient (Wildman–Crippen LogP) is 5.00. The highest BCUT2D eigenvalue weighted by molar-refractivity contribution is 6.32. The van der Waals surface area contributed by atoms with Crippen LogP contribution in [0, 0.1) is 0 Å². The number of nitrogens with one attached hydrogen (secondary N) is 1. The number of para-hydroxylation sites is 1. The van der Waals surface area contributed by atoms with Gasteiger partial charge in [-0.1, -0.05) is 41.9 Å². The number of aromatic amines is 1. The average molecular weight is 506 g/mol. The van der Waals surface area contributed by atoms with Crippen molar-refractivity contribution in [1.82, 2.24) is 24.3 Å². The summed E-state index contributed by atoms with van der Waals surface area (Å²) in [6.45, 7) is 4.50.